The summed E-state index contributed by atoms with van der Waals surface area (Å²) in [6, 6.07) is 6.11. The molecule has 1 aromatic carbocycles. The first-order valence-electron chi connectivity index (χ1n) is 5.55. The van der Waals surface area contributed by atoms with Crippen molar-refractivity contribution < 1.29 is 13.9 Å². The second kappa shape index (κ2) is 6.08. The van der Waals surface area contributed by atoms with E-state index in [4.69, 9.17) is 9.47 Å². The van der Waals surface area contributed by atoms with Gasteiger partial charge >= 0.3 is 0 Å². The van der Waals surface area contributed by atoms with Crippen LogP contribution in [0.2, 0.25) is 0 Å². The van der Waals surface area contributed by atoms with Gasteiger partial charge in [-0.2, -0.15) is 4.98 Å². The lowest BCUT2D eigenvalue weighted by Crippen LogP contribution is -2.00. The highest BCUT2D eigenvalue weighted by Crippen LogP contribution is 2.25. The summed E-state index contributed by atoms with van der Waals surface area (Å²) >= 11 is 3.11. The number of aryl methyl sites for hydroxylation is 1. The number of methoxy groups -OCH3 is 1. The van der Waals surface area contributed by atoms with Crippen molar-refractivity contribution in [3.05, 3.63) is 46.1 Å². The highest BCUT2D eigenvalue weighted by Gasteiger charge is 2.06. The van der Waals surface area contributed by atoms with Crippen LogP contribution in [-0.2, 0) is 11.3 Å². The summed E-state index contributed by atoms with van der Waals surface area (Å²) < 4.78 is 24.0. The molecule has 0 unspecified atom stereocenters. The van der Waals surface area contributed by atoms with Gasteiger partial charge in [-0.25, -0.2) is 9.37 Å². The first-order chi connectivity index (χ1) is 9.08. The van der Waals surface area contributed by atoms with E-state index in [9.17, 15) is 4.39 Å². The zero-order chi connectivity index (χ0) is 13.8. The molecule has 0 N–H and O–H groups in total. The van der Waals surface area contributed by atoms with Gasteiger partial charge in [0.15, 0.2) is 5.82 Å². The molecule has 0 saturated heterocycles. The number of hydrogen-bond acceptors (Lipinski definition) is 4. The largest absolute Gasteiger partial charge is 0.439 e. The van der Waals surface area contributed by atoms with Crippen molar-refractivity contribution in [3.8, 4) is 11.6 Å². The molecule has 0 spiro atoms. The van der Waals surface area contributed by atoms with Crippen molar-refractivity contribution in [2.24, 2.45) is 0 Å². The van der Waals surface area contributed by atoms with Crippen LogP contribution >= 0.6 is 15.9 Å². The zero-order valence-corrected chi connectivity index (χ0v) is 12.1. The SMILES string of the molecule is COCc1nc(C)cc(Oc2ccc(F)c(Br)c2)n1. The topological polar surface area (TPSA) is 44.2 Å². The maximum Gasteiger partial charge on any atom is 0.222 e. The molecule has 1 heterocycles. The van der Waals surface area contributed by atoms with Gasteiger partial charge in [0, 0.05) is 18.9 Å². The van der Waals surface area contributed by atoms with Gasteiger partial charge in [-0.15, -0.1) is 0 Å². The maximum absolute atomic E-state index is 13.1. The Hall–Kier alpha value is -1.53. The minimum atomic E-state index is -0.341. The first-order valence-corrected chi connectivity index (χ1v) is 6.34. The van der Waals surface area contributed by atoms with Crippen molar-refractivity contribution >= 4 is 15.9 Å². The molecule has 0 atom stereocenters. The summed E-state index contributed by atoms with van der Waals surface area (Å²) in [5.74, 6) is 1.10. The van der Waals surface area contributed by atoms with Crippen molar-refractivity contribution in [1.82, 2.24) is 9.97 Å². The average Bonchev–Trinajstić information content (AvgIpc) is 2.33. The van der Waals surface area contributed by atoms with Gasteiger partial charge < -0.3 is 9.47 Å². The Kier molecular flexibility index (Phi) is 4.44. The van der Waals surface area contributed by atoms with E-state index in [2.05, 4.69) is 25.9 Å². The zero-order valence-electron chi connectivity index (χ0n) is 10.5. The Morgan fingerprint density at radius 2 is 2.05 bits per heavy atom. The van der Waals surface area contributed by atoms with Crippen LogP contribution in [-0.4, -0.2) is 17.1 Å². The molecule has 1 aromatic heterocycles. The molecule has 0 fully saturated rings. The summed E-state index contributed by atoms with van der Waals surface area (Å²) in [5, 5.41) is 0. The minimum absolute atomic E-state index is 0.311. The monoisotopic (exact) mass is 326 g/mol. The fraction of sp³-hybridized carbons (Fsp3) is 0.231. The molecule has 0 bridgehead atoms. The van der Waals surface area contributed by atoms with Gasteiger partial charge in [0.05, 0.1) is 4.47 Å². The van der Waals surface area contributed by atoms with Crippen LogP contribution < -0.4 is 4.74 Å². The molecular weight excluding hydrogens is 315 g/mol. The fourth-order valence-corrected chi connectivity index (χ4v) is 1.86. The third-order valence-electron chi connectivity index (χ3n) is 2.26. The van der Waals surface area contributed by atoms with Gasteiger partial charge in [0.25, 0.3) is 0 Å². The van der Waals surface area contributed by atoms with Crippen LogP contribution in [0, 0.1) is 12.7 Å². The lowest BCUT2D eigenvalue weighted by molar-refractivity contribution is 0.177. The molecular formula is C13H12BrFN2O2. The van der Waals surface area contributed by atoms with Gasteiger partial charge in [-0.1, -0.05) is 0 Å². The normalized spacial score (nSPS) is 10.5. The molecule has 0 aliphatic carbocycles. The highest BCUT2D eigenvalue weighted by molar-refractivity contribution is 9.10. The van der Waals surface area contributed by atoms with E-state index in [1.54, 1.807) is 19.2 Å². The molecule has 2 rings (SSSR count). The summed E-state index contributed by atoms with van der Waals surface area (Å²) in [5.41, 5.74) is 0.776. The van der Waals surface area contributed by atoms with Crippen molar-refractivity contribution in [2.45, 2.75) is 13.5 Å². The molecule has 6 heteroatoms. The van der Waals surface area contributed by atoms with E-state index in [0.29, 0.717) is 28.5 Å². The van der Waals surface area contributed by atoms with Gasteiger partial charge in [-0.05, 0) is 41.1 Å². The van der Waals surface area contributed by atoms with E-state index in [-0.39, 0.29) is 5.82 Å². The number of halogens is 2. The second-order valence-corrected chi connectivity index (χ2v) is 4.73. The minimum Gasteiger partial charge on any atom is -0.439 e. The van der Waals surface area contributed by atoms with Crippen LogP contribution in [0.5, 0.6) is 11.6 Å². The number of nitrogens with zero attached hydrogens (tertiary/aromatic N) is 2. The predicted octanol–water partition coefficient (Wildman–Crippen LogP) is 3.63. The molecule has 100 valence electrons. The molecule has 0 aliphatic heterocycles. The molecule has 0 radical (unpaired) electrons. The molecule has 4 nitrogen and oxygen atoms in total. The Bertz CT molecular complexity index is 593. The smallest absolute Gasteiger partial charge is 0.222 e. The van der Waals surface area contributed by atoms with Crippen molar-refractivity contribution in [3.63, 3.8) is 0 Å². The Balaban J connectivity index is 2.24. The quantitative estimate of drug-likeness (QED) is 0.860. The van der Waals surface area contributed by atoms with E-state index >= 15 is 0 Å². The van der Waals surface area contributed by atoms with Crippen LogP contribution in [0.4, 0.5) is 4.39 Å². The average molecular weight is 327 g/mol. The standard InChI is InChI=1S/C13H12BrFN2O2/c1-8-5-13(17-12(16-8)7-18-2)19-9-3-4-11(15)10(14)6-9/h3-6H,7H2,1-2H3. The lowest BCUT2D eigenvalue weighted by atomic mass is 10.3. The van der Waals surface area contributed by atoms with E-state index in [1.165, 1.54) is 12.1 Å². The fourth-order valence-electron chi connectivity index (χ4n) is 1.51. The van der Waals surface area contributed by atoms with Crippen LogP contribution in [0.3, 0.4) is 0 Å². The highest BCUT2D eigenvalue weighted by atomic mass is 79.9. The number of aromatic nitrogens is 2. The molecule has 19 heavy (non-hydrogen) atoms. The first kappa shape index (κ1) is 13.9. The third-order valence-corrected chi connectivity index (χ3v) is 2.87. The number of benzene rings is 1. The third kappa shape index (κ3) is 3.71. The lowest BCUT2D eigenvalue weighted by Gasteiger charge is -2.08. The van der Waals surface area contributed by atoms with E-state index < -0.39 is 0 Å². The molecule has 0 saturated carbocycles. The predicted molar refractivity (Wildman–Crippen MR) is 71.7 cm³/mol. The Morgan fingerprint density at radius 3 is 2.74 bits per heavy atom. The number of ether oxygens (including phenoxy) is 2. The van der Waals surface area contributed by atoms with Crippen molar-refractivity contribution in [2.75, 3.05) is 7.11 Å². The molecule has 2 aromatic rings. The summed E-state index contributed by atoms with van der Waals surface area (Å²) in [6.07, 6.45) is 0. The Morgan fingerprint density at radius 1 is 1.26 bits per heavy atom. The summed E-state index contributed by atoms with van der Waals surface area (Å²) in [7, 11) is 1.57. The van der Waals surface area contributed by atoms with Crippen LogP contribution in [0.15, 0.2) is 28.7 Å². The molecule has 0 amide bonds. The Labute approximate surface area is 118 Å². The molecule has 0 aliphatic rings. The maximum atomic E-state index is 13.1. The number of hydrogen-bond donors (Lipinski definition) is 0. The van der Waals surface area contributed by atoms with Crippen LogP contribution in [0.1, 0.15) is 11.5 Å². The summed E-state index contributed by atoms with van der Waals surface area (Å²) in [6.45, 7) is 2.15. The van der Waals surface area contributed by atoms with Gasteiger partial charge in [-0.3, -0.25) is 0 Å². The van der Waals surface area contributed by atoms with Crippen molar-refractivity contribution in [1.29, 1.82) is 0 Å². The van der Waals surface area contributed by atoms with Crippen LogP contribution in [0.25, 0.3) is 0 Å². The number of rotatable bonds is 4. The second-order valence-electron chi connectivity index (χ2n) is 3.87. The van der Waals surface area contributed by atoms with E-state index in [1.807, 2.05) is 6.92 Å². The van der Waals surface area contributed by atoms with Gasteiger partial charge in [0.2, 0.25) is 5.88 Å². The van der Waals surface area contributed by atoms with Gasteiger partial charge in [0.1, 0.15) is 18.2 Å². The summed E-state index contributed by atoms with van der Waals surface area (Å²) in [4.78, 5) is 8.41. The van der Waals surface area contributed by atoms with E-state index in [0.717, 1.165) is 5.69 Å².